The van der Waals surface area contributed by atoms with Crippen LogP contribution in [0.15, 0.2) is 16.5 Å². The van der Waals surface area contributed by atoms with E-state index in [9.17, 15) is 0 Å². The smallest absolute Gasteiger partial charge is 0.195 e. The van der Waals surface area contributed by atoms with Crippen LogP contribution in [-0.2, 0) is 6.54 Å². The van der Waals surface area contributed by atoms with Crippen LogP contribution in [0.5, 0.6) is 0 Å². The lowest BCUT2D eigenvalue weighted by atomic mass is 10.3. The van der Waals surface area contributed by atoms with Gasteiger partial charge in [-0.3, -0.25) is 4.90 Å². The van der Waals surface area contributed by atoms with E-state index >= 15 is 0 Å². The molecule has 3 heterocycles. The van der Waals surface area contributed by atoms with Crippen molar-refractivity contribution in [2.24, 2.45) is 0 Å². The number of hydrogen-bond donors (Lipinski definition) is 1. The fourth-order valence-corrected chi connectivity index (χ4v) is 2.65. The molecule has 17 heavy (non-hydrogen) atoms. The van der Waals surface area contributed by atoms with Gasteiger partial charge in [0.2, 0.25) is 0 Å². The minimum atomic E-state index is 0.954. The SMILES string of the molecule is c1cc(N2CCCC2)oc1CN1CCNCC1. The van der Waals surface area contributed by atoms with Gasteiger partial charge in [0, 0.05) is 45.3 Å². The number of piperazine rings is 1. The van der Waals surface area contributed by atoms with Crippen LogP contribution in [-0.4, -0.2) is 44.2 Å². The van der Waals surface area contributed by atoms with Gasteiger partial charge < -0.3 is 14.6 Å². The summed E-state index contributed by atoms with van der Waals surface area (Å²) >= 11 is 0. The van der Waals surface area contributed by atoms with Crippen LogP contribution < -0.4 is 10.2 Å². The van der Waals surface area contributed by atoms with E-state index in [1.807, 2.05) is 0 Å². The van der Waals surface area contributed by atoms with Gasteiger partial charge in [-0.1, -0.05) is 0 Å². The van der Waals surface area contributed by atoms with E-state index in [0.717, 1.165) is 57.5 Å². The van der Waals surface area contributed by atoms with Crippen LogP contribution in [0.2, 0.25) is 0 Å². The van der Waals surface area contributed by atoms with Crippen molar-refractivity contribution in [3.05, 3.63) is 17.9 Å². The van der Waals surface area contributed by atoms with E-state index in [4.69, 9.17) is 4.42 Å². The average Bonchev–Trinajstić information content (AvgIpc) is 3.00. The van der Waals surface area contributed by atoms with Gasteiger partial charge in [-0.2, -0.15) is 0 Å². The summed E-state index contributed by atoms with van der Waals surface area (Å²) in [6.45, 7) is 7.70. The predicted octanol–water partition coefficient (Wildman–Crippen LogP) is 1.28. The number of furan rings is 1. The van der Waals surface area contributed by atoms with Crippen LogP contribution in [0.1, 0.15) is 18.6 Å². The van der Waals surface area contributed by atoms with Crippen LogP contribution in [0.4, 0.5) is 5.88 Å². The fourth-order valence-electron chi connectivity index (χ4n) is 2.65. The Kier molecular flexibility index (Phi) is 3.34. The first-order valence-electron chi connectivity index (χ1n) is 6.68. The maximum absolute atomic E-state index is 5.93. The lowest BCUT2D eigenvalue weighted by Crippen LogP contribution is -2.42. The third kappa shape index (κ3) is 2.64. The zero-order valence-electron chi connectivity index (χ0n) is 10.3. The molecular formula is C13H21N3O. The first-order valence-corrected chi connectivity index (χ1v) is 6.68. The van der Waals surface area contributed by atoms with Crippen molar-refractivity contribution in [1.29, 1.82) is 0 Å². The number of nitrogens with zero attached hydrogens (tertiary/aromatic N) is 2. The second kappa shape index (κ2) is 5.10. The van der Waals surface area contributed by atoms with Crippen molar-refractivity contribution in [1.82, 2.24) is 10.2 Å². The van der Waals surface area contributed by atoms with Crippen molar-refractivity contribution in [3.8, 4) is 0 Å². The number of anilines is 1. The summed E-state index contributed by atoms with van der Waals surface area (Å²) in [7, 11) is 0. The van der Waals surface area contributed by atoms with E-state index in [-0.39, 0.29) is 0 Å². The molecule has 94 valence electrons. The first-order chi connectivity index (χ1) is 8.42. The average molecular weight is 235 g/mol. The maximum atomic E-state index is 5.93. The van der Waals surface area contributed by atoms with Crippen LogP contribution in [0.25, 0.3) is 0 Å². The topological polar surface area (TPSA) is 31.7 Å². The van der Waals surface area contributed by atoms with Gasteiger partial charge in [-0.05, 0) is 18.9 Å². The highest BCUT2D eigenvalue weighted by Gasteiger charge is 2.17. The Balaban J connectivity index is 1.59. The molecule has 3 rings (SSSR count). The molecular weight excluding hydrogens is 214 g/mol. The van der Waals surface area contributed by atoms with Gasteiger partial charge in [0.15, 0.2) is 5.88 Å². The third-order valence-electron chi connectivity index (χ3n) is 3.65. The second-order valence-electron chi connectivity index (χ2n) is 4.96. The highest BCUT2D eigenvalue weighted by atomic mass is 16.4. The molecule has 0 spiro atoms. The molecule has 1 N–H and O–H groups in total. The Morgan fingerprint density at radius 1 is 1.06 bits per heavy atom. The van der Waals surface area contributed by atoms with E-state index < -0.39 is 0 Å². The van der Waals surface area contributed by atoms with Crippen LogP contribution in [0, 0.1) is 0 Å². The Bertz CT molecular complexity index is 351. The summed E-state index contributed by atoms with van der Waals surface area (Å²) in [6, 6.07) is 4.26. The highest BCUT2D eigenvalue weighted by Crippen LogP contribution is 2.23. The van der Waals surface area contributed by atoms with Crippen molar-refractivity contribution in [2.75, 3.05) is 44.2 Å². The van der Waals surface area contributed by atoms with Crippen molar-refractivity contribution in [3.63, 3.8) is 0 Å². The molecule has 4 heteroatoms. The molecule has 1 aromatic heterocycles. The van der Waals surface area contributed by atoms with Crippen molar-refractivity contribution >= 4 is 5.88 Å². The molecule has 2 aliphatic heterocycles. The molecule has 2 fully saturated rings. The lowest BCUT2D eigenvalue weighted by Gasteiger charge is -2.26. The number of hydrogen-bond acceptors (Lipinski definition) is 4. The zero-order chi connectivity index (χ0) is 11.5. The number of nitrogens with one attached hydrogen (secondary N) is 1. The quantitative estimate of drug-likeness (QED) is 0.855. The van der Waals surface area contributed by atoms with Crippen molar-refractivity contribution < 1.29 is 4.42 Å². The van der Waals surface area contributed by atoms with E-state index in [1.54, 1.807) is 0 Å². The minimum Gasteiger partial charge on any atom is -0.444 e. The lowest BCUT2D eigenvalue weighted by molar-refractivity contribution is 0.216. The van der Waals surface area contributed by atoms with E-state index in [2.05, 4.69) is 27.2 Å². The summed E-state index contributed by atoms with van der Waals surface area (Å²) in [6.07, 6.45) is 2.60. The molecule has 1 aromatic rings. The summed E-state index contributed by atoms with van der Waals surface area (Å²) in [5, 5.41) is 3.37. The molecule has 2 aliphatic rings. The first kappa shape index (κ1) is 11.1. The standard InChI is InChI=1S/C13H21N3O/c1-2-8-16(7-1)13-4-3-12(17-13)11-15-9-5-14-6-10-15/h3-4,14H,1-2,5-11H2. The Hall–Kier alpha value is -1.00. The van der Waals surface area contributed by atoms with Gasteiger partial charge in [-0.15, -0.1) is 0 Å². The van der Waals surface area contributed by atoms with Gasteiger partial charge in [0.05, 0.1) is 6.54 Å². The monoisotopic (exact) mass is 235 g/mol. The van der Waals surface area contributed by atoms with Gasteiger partial charge in [0.25, 0.3) is 0 Å². The van der Waals surface area contributed by atoms with Crippen molar-refractivity contribution in [2.45, 2.75) is 19.4 Å². The minimum absolute atomic E-state index is 0.954. The Morgan fingerprint density at radius 3 is 2.59 bits per heavy atom. The largest absolute Gasteiger partial charge is 0.444 e. The molecule has 0 saturated carbocycles. The zero-order valence-corrected chi connectivity index (χ0v) is 10.3. The van der Waals surface area contributed by atoms with E-state index in [0.29, 0.717) is 0 Å². The van der Waals surface area contributed by atoms with Crippen LogP contribution >= 0.6 is 0 Å². The molecule has 0 atom stereocenters. The third-order valence-corrected chi connectivity index (χ3v) is 3.65. The van der Waals surface area contributed by atoms with Gasteiger partial charge in [-0.25, -0.2) is 0 Å². The molecule has 0 amide bonds. The maximum Gasteiger partial charge on any atom is 0.195 e. The summed E-state index contributed by atoms with van der Waals surface area (Å²) < 4.78 is 5.93. The molecule has 0 unspecified atom stereocenters. The van der Waals surface area contributed by atoms with E-state index in [1.165, 1.54) is 12.8 Å². The Labute approximate surface area is 103 Å². The second-order valence-corrected chi connectivity index (χ2v) is 4.96. The molecule has 0 radical (unpaired) electrons. The molecule has 2 saturated heterocycles. The normalized spacial score (nSPS) is 22.2. The summed E-state index contributed by atoms with van der Waals surface area (Å²) in [5.41, 5.74) is 0. The fraction of sp³-hybridized carbons (Fsp3) is 0.692. The van der Waals surface area contributed by atoms with Gasteiger partial charge >= 0.3 is 0 Å². The molecule has 0 aliphatic carbocycles. The Morgan fingerprint density at radius 2 is 1.82 bits per heavy atom. The number of rotatable bonds is 3. The van der Waals surface area contributed by atoms with Gasteiger partial charge in [0.1, 0.15) is 5.76 Å². The molecule has 4 nitrogen and oxygen atoms in total. The molecule has 0 bridgehead atoms. The summed E-state index contributed by atoms with van der Waals surface area (Å²) in [5.74, 6) is 2.17. The predicted molar refractivity (Wildman–Crippen MR) is 68.3 cm³/mol. The summed E-state index contributed by atoms with van der Waals surface area (Å²) in [4.78, 5) is 4.80. The van der Waals surface area contributed by atoms with Crippen LogP contribution in [0.3, 0.4) is 0 Å². The highest BCUT2D eigenvalue weighted by molar-refractivity contribution is 5.37. The molecule has 0 aromatic carbocycles.